The van der Waals surface area contributed by atoms with Crippen LogP contribution in [0.5, 0.6) is 0 Å². The molecule has 0 heteroatoms. The monoisotopic (exact) mass is 172 g/mol. The van der Waals surface area contributed by atoms with Gasteiger partial charge in [-0.1, -0.05) is 55.5 Å². The zero-order valence-corrected chi connectivity index (χ0v) is 8.33. The molecule has 0 aliphatic heterocycles. The van der Waals surface area contributed by atoms with Crippen molar-refractivity contribution in [2.45, 2.75) is 20.3 Å². The molecule has 0 N–H and O–H groups in total. The summed E-state index contributed by atoms with van der Waals surface area (Å²) < 4.78 is 0. The Labute approximate surface area is 80.6 Å². The van der Waals surface area contributed by atoms with Crippen molar-refractivity contribution < 1.29 is 0 Å². The molecule has 1 aromatic carbocycles. The van der Waals surface area contributed by atoms with Gasteiger partial charge in [0.15, 0.2) is 0 Å². The lowest BCUT2D eigenvalue weighted by atomic mass is 10.1. The Hall–Kier alpha value is -1.30. The number of hydrogen-bond acceptors (Lipinski definition) is 0. The highest BCUT2D eigenvalue weighted by atomic mass is 13.9. The third kappa shape index (κ3) is 3.29. The van der Waals surface area contributed by atoms with E-state index in [0.29, 0.717) is 0 Å². The second kappa shape index (κ2) is 5.36. The van der Waals surface area contributed by atoms with Gasteiger partial charge in [-0.2, -0.15) is 0 Å². The van der Waals surface area contributed by atoms with E-state index in [1.807, 2.05) is 0 Å². The molecule has 0 unspecified atom stereocenters. The maximum Gasteiger partial charge on any atom is -0.0227 e. The fourth-order valence-corrected chi connectivity index (χ4v) is 1.15. The average Bonchev–Trinajstić information content (AvgIpc) is 2.15. The number of aryl methyl sites for hydroxylation is 1. The van der Waals surface area contributed by atoms with Crippen molar-refractivity contribution in [1.82, 2.24) is 0 Å². The first-order valence-electron chi connectivity index (χ1n) is 4.73. The van der Waals surface area contributed by atoms with E-state index in [2.05, 4.69) is 62.4 Å². The Bertz CT molecular complexity index is 306. The number of benzene rings is 1. The maximum atomic E-state index is 2.15. The van der Waals surface area contributed by atoms with E-state index in [4.69, 9.17) is 0 Å². The van der Waals surface area contributed by atoms with Crippen molar-refractivity contribution in [3.8, 4) is 0 Å². The first-order valence-corrected chi connectivity index (χ1v) is 4.73. The topological polar surface area (TPSA) is 0 Å². The second-order valence-corrected chi connectivity index (χ2v) is 3.05. The SMILES string of the molecule is CC/C=C/C=Cc1ccccc1C. The average molecular weight is 172 g/mol. The van der Waals surface area contributed by atoms with Crippen LogP contribution in [0.15, 0.2) is 42.5 Å². The molecule has 13 heavy (non-hydrogen) atoms. The van der Waals surface area contributed by atoms with Crippen LogP contribution in [0.1, 0.15) is 24.5 Å². The number of allylic oxidation sites excluding steroid dienone is 3. The first kappa shape index (κ1) is 9.79. The van der Waals surface area contributed by atoms with Crippen LogP contribution < -0.4 is 0 Å². The van der Waals surface area contributed by atoms with E-state index >= 15 is 0 Å². The van der Waals surface area contributed by atoms with Gasteiger partial charge in [0.05, 0.1) is 0 Å². The van der Waals surface area contributed by atoms with Gasteiger partial charge in [-0.15, -0.1) is 0 Å². The normalized spacial score (nSPS) is 11.5. The highest BCUT2D eigenvalue weighted by Gasteiger charge is 1.88. The predicted octanol–water partition coefficient (Wildman–Crippen LogP) is 3.97. The van der Waals surface area contributed by atoms with Gasteiger partial charge in [0, 0.05) is 0 Å². The standard InChI is InChI=1S/C13H16/c1-3-4-5-6-10-13-11-8-7-9-12(13)2/h4-11H,3H2,1-2H3/b5-4+,10-6?. The van der Waals surface area contributed by atoms with Crippen LogP contribution in [-0.2, 0) is 0 Å². The van der Waals surface area contributed by atoms with Gasteiger partial charge < -0.3 is 0 Å². The molecule has 0 aromatic heterocycles. The molecule has 0 radical (unpaired) electrons. The van der Waals surface area contributed by atoms with Gasteiger partial charge in [0.1, 0.15) is 0 Å². The lowest BCUT2D eigenvalue weighted by molar-refractivity contribution is 1.22. The Morgan fingerprint density at radius 3 is 2.62 bits per heavy atom. The quantitative estimate of drug-likeness (QED) is 0.605. The Morgan fingerprint density at radius 2 is 1.92 bits per heavy atom. The Balaban J connectivity index is 2.68. The molecule has 0 saturated carbocycles. The van der Waals surface area contributed by atoms with Crippen LogP contribution in [0.25, 0.3) is 6.08 Å². The molecule has 0 fully saturated rings. The summed E-state index contributed by atoms with van der Waals surface area (Å²) in [6.45, 7) is 4.27. The van der Waals surface area contributed by atoms with Crippen molar-refractivity contribution in [2.75, 3.05) is 0 Å². The summed E-state index contributed by atoms with van der Waals surface area (Å²) >= 11 is 0. The summed E-state index contributed by atoms with van der Waals surface area (Å²) in [6, 6.07) is 8.39. The van der Waals surface area contributed by atoms with Crippen LogP contribution in [0, 0.1) is 6.92 Å². The molecular formula is C13H16. The summed E-state index contributed by atoms with van der Waals surface area (Å²) in [5.74, 6) is 0. The third-order valence-electron chi connectivity index (χ3n) is 1.95. The highest BCUT2D eigenvalue weighted by molar-refractivity contribution is 5.54. The molecule has 0 aliphatic carbocycles. The van der Waals surface area contributed by atoms with Gasteiger partial charge in [-0.05, 0) is 24.5 Å². The van der Waals surface area contributed by atoms with Crippen molar-refractivity contribution in [3.05, 3.63) is 53.6 Å². The maximum absolute atomic E-state index is 2.15. The third-order valence-corrected chi connectivity index (χ3v) is 1.95. The van der Waals surface area contributed by atoms with Crippen molar-refractivity contribution in [3.63, 3.8) is 0 Å². The van der Waals surface area contributed by atoms with Crippen molar-refractivity contribution in [1.29, 1.82) is 0 Å². The summed E-state index contributed by atoms with van der Waals surface area (Å²) in [6.07, 6.45) is 9.56. The Kier molecular flexibility index (Phi) is 4.04. The summed E-state index contributed by atoms with van der Waals surface area (Å²) in [5, 5.41) is 0. The van der Waals surface area contributed by atoms with Crippen molar-refractivity contribution in [2.24, 2.45) is 0 Å². The smallest absolute Gasteiger partial charge is 0.0227 e. The zero-order valence-electron chi connectivity index (χ0n) is 8.33. The van der Waals surface area contributed by atoms with Crippen LogP contribution in [0.4, 0.5) is 0 Å². The molecule has 0 nitrogen and oxygen atoms in total. The molecular weight excluding hydrogens is 156 g/mol. The minimum Gasteiger partial charge on any atom is -0.0848 e. The molecule has 0 aliphatic rings. The van der Waals surface area contributed by atoms with Gasteiger partial charge >= 0.3 is 0 Å². The fourth-order valence-electron chi connectivity index (χ4n) is 1.15. The van der Waals surface area contributed by atoms with Crippen LogP contribution in [-0.4, -0.2) is 0 Å². The van der Waals surface area contributed by atoms with Crippen LogP contribution in [0.3, 0.4) is 0 Å². The van der Waals surface area contributed by atoms with Gasteiger partial charge in [0.25, 0.3) is 0 Å². The van der Waals surface area contributed by atoms with E-state index in [9.17, 15) is 0 Å². The van der Waals surface area contributed by atoms with E-state index in [1.165, 1.54) is 11.1 Å². The summed E-state index contributed by atoms with van der Waals surface area (Å²) in [4.78, 5) is 0. The fraction of sp³-hybridized carbons (Fsp3) is 0.231. The van der Waals surface area contributed by atoms with Gasteiger partial charge in [0.2, 0.25) is 0 Å². The van der Waals surface area contributed by atoms with E-state index in [-0.39, 0.29) is 0 Å². The summed E-state index contributed by atoms with van der Waals surface area (Å²) in [5.41, 5.74) is 2.62. The number of rotatable bonds is 3. The minimum absolute atomic E-state index is 1.10. The lowest BCUT2D eigenvalue weighted by Crippen LogP contribution is -1.76. The number of hydrogen-bond donors (Lipinski definition) is 0. The molecule has 0 spiro atoms. The lowest BCUT2D eigenvalue weighted by Gasteiger charge is -1.96. The molecule has 1 aromatic rings. The molecule has 0 saturated heterocycles. The molecule has 0 amide bonds. The first-order chi connectivity index (χ1) is 6.34. The largest absolute Gasteiger partial charge is 0.0848 e. The van der Waals surface area contributed by atoms with E-state index < -0.39 is 0 Å². The molecule has 0 heterocycles. The Morgan fingerprint density at radius 1 is 1.15 bits per heavy atom. The molecule has 0 bridgehead atoms. The second-order valence-electron chi connectivity index (χ2n) is 3.05. The van der Waals surface area contributed by atoms with E-state index in [0.717, 1.165) is 6.42 Å². The minimum atomic E-state index is 1.10. The van der Waals surface area contributed by atoms with Crippen LogP contribution >= 0.6 is 0 Å². The summed E-state index contributed by atoms with van der Waals surface area (Å²) in [7, 11) is 0. The van der Waals surface area contributed by atoms with Gasteiger partial charge in [-0.3, -0.25) is 0 Å². The van der Waals surface area contributed by atoms with Crippen LogP contribution in [0.2, 0.25) is 0 Å². The van der Waals surface area contributed by atoms with Gasteiger partial charge in [-0.25, -0.2) is 0 Å². The molecule has 0 atom stereocenters. The molecule has 68 valence electrons. The zero-order chi connectivity index (χ0) is 9.52. The molecule has 1 rings (SSSR count). The van der Waals surface area contributed by atoms with E-state index in [1.54, 1.807) is 0 Å². The highest BCUT2D eigenvalue weighted by Crippen LogP contribution is 2.08. The predicted molar refractivity (Wildman–Crippen MR) is 59.6 cm³/mol. The van der Waals surface area contributed by atoms with Crippen molar-refractivity contribution >= 4 is 6.08 Å².